The maximum absolute atomic E-state index is 12.7. The number of rotatable bonds is 3. The van der Waals surface area contributed by atoms with Crippen LogP contribution in [0.25, 0.3) is 5.69 Å². The quantitative estimate of drug-likeness (QED) is 0.848. The number of aromatic nitrogens is 4. The monoisotopic (exact) mass is 222 g/mol. The molecule has 5 nitrogen and oxygen atoms in total. The molecule has 1 N–H and O–H groups in total. The van der Waals surface area contributed by atoms with Crippen LogP contribution in [-0.2, 0) is 0 Å². The van der Waals surface area contributed by atoms with Gasteiger partial charge in [0.1, 0.15) is 11.9 Å². The second-order valence-electron chi connectivity index (χ2n) is 3.35. The summed E-state index contributed by atoms with van der Waals surface area (Å²) < 4.78 is 14.1. The molecule has 0 aliphatic carbocycles. The van der Waals surface area contributed by atoms with E-state index in [1.54, 1.807) is 12.1 Å². The van der Waals surface area contributed by atoms with E-state index in [0.717, 1.165) is 0 Å². The molecule has 0 radical (unpaired) electrons. The topological polar surface area (TPSA) is 63.8 Å². The molecule has 0 aliphatic heterocycles. The Bertz CT molecular complexity index is 468. The maximum Gasteiger partial charge on any atom is 0.185 e. The predicted octanol–water partition coefficient (Wildman–Crippen LogP) is 1.24. The van der Waals surface area contributed by atoms with Gasteiger partial charge in [0.2, 0.25) is 0 Å². The van der Waals surface area contributed by atoms with E-state index >= 15 is 0 Å². The summed E-state index contributed by atoms with van der Waals surface area (Å²) in [6.07, 6.45) is -0.207. The minimum Gasteiger partial charge on any atom is -0.385 e. The number of hydrogen-bond donors (Lipinski definition) is 1. The summed E-state index contributed by atoms with van der Waals surface area (Å²) in [6, 6.07) is 5.74. The Balaban J connectivity index is 2.40. The Morgan fingerprint density at radius 3 is 2.69 bits per heavy atom. The highest BCUT2D eigenvalue weighted by atomic mass is 19.1. The van der Waals surface area contributed by atoms with E-state index in [9.17, 15) is 9.50 Å². The van der Waals surface area contributed by atoms with Gasteiger partial charge in [-0.05, 0) is 41.1 Å². The van der Waals surface area contributed by atoms with Crippen molar-refractivity contribution in [3.63, 3.8) is 0 Å². The van der Waals surface area contributed by atoms with E-state index in [0.29, 0.717) is 17.9 Å². The van der Waals surface area contributed by atoms with Gasteiger partial charge in [0, 0.05) is 0 Å². The van der Waals surface area contributed by atoms with Crippen LogP contribution in [0.1, 0.15) is 25.3 Å². The lowest BCUT2D eigenvalue weighted by Crippen LogP contribution is -2.07. The first-order chi connectivity index (χ1) is 7.72. The molecule has 0 bridgehead atoms. The third-order valence-corrected chi connectivity index (χ3v) is 2.25. The smallest absolute Gasteiger partial charge is 0.185 e. The van der Waals surface area contributed by atoms with Gasteiger partial charge < -0.3 is 5.11 Å². The summed E-state index contributed by atoms with van der Waals surface area (Å²) in [4.78, 5) is 0. The SMILES string of the molecule is CCC(O)c1nnnn1-c1ccc(F)cc1. The van der Waals surface area contributed by atoms with Crippen molar-refractivity contribution in [1.29, 1.82) is 0 Å². The van der Waals surface area contributed by atoms with Crippen molar-refractivity contribution in [3.05, 3.63) is 35.9 Å². The number of hydrogen-bond acceptors (Lipinski definition) is 4. The Hall–Kier alpha value is -1.82. The fourth-order valence-electron chi connectivity index (χ4n) is 1.35. The van der Waals surface area contributed by atoms with E-state index in [2.05, 4.69) is 15.5 Å². The molecule has 16 heavy (non-hydrogen) atoms. The molecular formula is C10H11FN4O. The Labute approximate surface area is 91.5 Å². The Morgan fingerprint density at radius 2 is 2.06 bits per heavy atom. The van der Waals surface area contributed by atoms with Crippen LogP contribution >= 0.6 is 0 Å². The van der Waals surface area contributed by atoms with Crippen molar-refractivity contribution in [1.82, 2.24) is 20.2 Å². The molecule has 2 rings (SSSR count). The minimum atomic E-state index is -0.722. The van der Waals surface area contributed by atoms with Crippen molar-refractivity contribution >= 4 is 0 Å². The van der Waals surface area contributed by atoms with Gasteiger partial charge in [0.25, 0.3) is 0 Å². The second-order valence-corrected chi connectivity index (χ2v) is 3.35. The van der Waals surface area contributed by atoms with Crippen LogP contribution in [0.15, 0.2) is 24.3 Å². The molecule has 0 saturated carbocycles. The molecule has 0 aliphatic rings. The van der Waals surface area contributed by atoms with Gasteiger partial charge in [-0.15, -0.1) is 5.10 Å². The molecule has 84 valence electrons. The van der Waals surface area contributed by atoms with Crippen molar-refractivity contribution in [2.45, 2.75) is 19.4 Å². The molecule has 1 heterocycles. The van der Waals surface area contributed by atoms with Gasteiger partial charge in [-0.25, -0.2) is 4.39 Å². The molecule has 1 atom stereocenters. The van der Waals surface area contributed by atoms with Gasteiger partial charge in [-0.1, -0.05) is 6.92 Å². The van der Waals surface area contributed by atoms with Crippen LogP contribution in [0.3, 0.4) is 0 Å². The molecule has 2 aromatic rings. The lowest BCUT2D eigenvalue weighted by atomic mass is 10.2. The third-order valence-electron chi connectivity index (χ3n) is 2.25. The minimum absolute atomic E-state index is 0.325. The van der Waals surface area contributed by atoms with Gasteiger partial charge >= 0.3 is 0 Å². The molecule has 1 aromatic heterocycles. The van der Waals surface area contributed by atoms with Gasteiger partial charge in [-0.3, -0.25) is 0 Å². The summed E-state index contributed by atoms with van der Waals surface area (Å²) in [5.74, 6) is 0.0310. The molecule has 1 aromatic carbocycles. The second kappa shape index (κ2) is 4.36. The zero-order valence-electron chi connectivity index (χ0n) is 8.71. The molecule has 0 fully saturated rings. The molecule has 0 saturated heterocycles. The van der Waals surface area contributed by atoms with Gasteiger partial charge in [-0.2, -0.15) is 4.68 Å². The number of halogens is 1. The first-order valence-corrected chi connectivity index (χ1v) is 4.94. The highest BCUT2D eigenvalue weighted by molar-refractivity contribution is 5.31. The van der Waals surface area contributed by atoms with Crippen molar-refractivity contribution in [2.75, 3.05) is 0 Å². The highest BCUT2D eigenvalue weighted by Gasteiger charge is 2.15. The van der Waals surface area contributed by atoms with Crippen LogP contribution in [0.2, 0.25) is 0 Å². The average Bonchev–Trinajstić information content (AvgIpc) is 2.78. The fourth-order valence-corrected chi connectivity index (χ4v) is 1.35. The fraction of sp³-hybridized carbons (Fsp3) is 0.300. The molecule has 0 spiro atoms. The van der Waals surface area contributed by atoms with E-state index in [4.69, 9.17) is 0 Å². The molecular weight excluding hydrogens is 211 g/mol. The normalized spacial score (nSPS) is 12.7. The lowest BCUT2D eigenvalue weighted by Gasteiger charge is -2.07. The van der Waals surface area contributed by atoms with E-state index in [1.165, 1.54) is 16.8 Å². The van der Waals surface area contributed by atoms with Crippen LogP contribution in [-0.4, -0.2) is 25.3 Å². The molecule has 6 heteroatoms. The summed E-state index contributed by atoms with van der Waals surface area (Å²) >= 11 is 0. The number of nitrogens with zero attached hydrogens (tertiary/aromatic N) is 4. The Morgan fingerprint density at radius 1 is 1.38 bits per heavy atom. The van der Waals surface area contributed by atoms with Crippen molar-refractivity contribution in [3.8, 4) is 5.69 Å². The zero-order valence-corrected chi connectivity index (χ0v) is 8.71. The van der Waals surface area contributed by atoms with E-state index in [-0.39, 0.29) is 5.82 Å². The van der Waals surface area contributed by atoms with E-state index < -0.39 is 6.10 Å². The number of aliphatic hydroxyl groups is 1. The van der Waals surface area contributed by atoms with Crippen LogP contribution in [0.5, 0.6) is 0 Å². The van der Waals surface area contributed by atoms with Gasteiger partial charge in [0.05, 0.1) is 5.69 Å². The Kier molecular flexibility index (Phi) is 2.91. The van der Waals surface area contributed by atoms with Crippen LogP contribution < -0.4 is 0 Å². The largest absolute Gasteiger partial charge is 0.385 e. The number of aliphatic hydroxyl groups excluding tert-OH is 1. The highest BCUT2D eigenvalue weighted by Crippen LogP contribution is 2.16. The van der Waals surface area contributed by atoms with Gasteiger partial charge in [0.15, 0.2) is 5.82 Å². The number of tetrazole rings is 1. The molecule has 0 amide bonds. The summed E-state index contributed by atoms with van der Waals surface area (Å²) in [5, 5.41) is 20.7. The maximum atomic E-state index is 12.7. The third kappa shape index (κ3) is 1.92. The predicted molar refractivity (Wildman–Crippen MR) is 54.4 cm³/mol. The summed E-state index contributed by atoms with van der Waals surface area (Å²) in [5.41, 5.74) is 0.619. The van der Waals surface area contributed by atoms with Crippen LogP contribution in [0.4, 0.5) is 4.39 Å². The zero-order chi connectivity index (χ0) is 11.5. The van der Waals surface area contributed by atoms with E-state index in [1.807, 2.05) is 6.92 Å². The average molecular weight is 222 g/mol. The van der Waals surface area contributed by atoms with Crippen molar-refractivity contribution < 1.29 is 9.50 Å². The summed E-state index contributed by atoms with van der Waals surface area (Å²) in [7, 11) is 0. The molecule has 1 unspecified atom stereocenters. The number of benzene rings is 1. The lowest BCUT2D eigenvalue weighted by molar-refractivity contribution is 0.160. The van der Waals surface area contributed by atoms with Crippen molar-refractivity contribution in [2.24, 2.45) is 0 Å². The first kappa shape index (κ1) is 10.7. The standard InChI is InChI=1S/C10H11FN4O/c1-2-9(16)10-12-13-14-15(10)8-5-3-7(11)4-6-8/h3-6,9,16H,2H2,1H3. The summed E-state index contributed by atoms with van der Waals surface area (Å²) in [6.45, 7) is 1.83. The first-order valence-electron chi connectivity index (χ1n) is 4.94. The van der Waals surface area contributed by atoms with Crippen LogP contribution in [0, 0.1) is 5.82 Å².